The highest BCUT2D eigenvalue weighted by atomic mass is 16.5. The van der Waals surface area contributed by atoms with Crippen molar-refractivity contribution in [2.75, 3.05) is 20.0 Å². The van der Waals surface area contributed by atoms with Crippen LogP contribution in [0.15, 0.2) is 24.4 Å². The number of nitrogens with zero attached hydrogens (tertiary/aromatic N) is 2. The summed E-state index contributed by atoms with van der Waals surface area (Å²) in [7, 11) is 2.63. The first-order valence-electron chi connectivity index (χ1n) is 6.42. The van der Waals surface area contributed by atoms with Crippen LogP contribution >= 0.6 is 0 Å². The van der Waals surface area contributed by atoms with E-state index in [1.165, 1.54) is 43.2 Å². The summed E-state index contributed by atoms with van der Waals surface area (Å²) in [6.45, 7) is 0. The molecule has 0 aliphatic rings. The van der Waals surface area contributed by atoms with E-state index in [1.807, 2.05) is 6.07 Å². The second-order valence-corrected chi connectivity index (χ2v) is 4.53. The van der Waals surface area contributed by atoms with Gasteiger partial charge in [0.25, 0.3) is 0 Å². The van der Waals surface area contributed by atoms with Crippen molar-refractivity contribution in [2.24, 2.45) is 5.73 Å². The maximum atomic E-state index is 12.0. The van der Waals surface area contributed by atoms with Crippen molar-refractivity contribution in [3.05, 3.63) is 41.2 Å². The van der Waals surface area contributed by atoms with Crippen LogP contribution in [0.1, 0.15) is 26.4 Å². The standard InChI is InChI=1S/C15H14N4O4/c1-22-11-4-3-8(14(18)20)5-10(11)19-7-9(6-16)12(17)13(19)15(21)23-2/h3-5,7H,17H2,1-2H3,(H2,18,20). The number of methoxy groups -OCH3 is 2. The molecule has 8 nitrogen and oxygen atoms in total. The monoisotopic (exact) mass is 314 g/mol. The molecule has 23 heavy (non-hydrogen) atoms. The van der Waals surface area contributed by atoms with E-state index in [4.69, 9.17) is 26.2 Å². The summed E-state index contributed by atoms with van der Waals surface area (Å²) in [5, 5.41) is 9.13. The van der Waals surface area contributed by atoms with Gasteiger partial charge >= 0.3 is 5.97 Å². The number of esters is 1. The number of primary amides is 1. The van der Waals surface area contributed by atoms with E-state index in [-0.39, 0.29) is 22.5 Å². The lowest BCUT2D eigenvalue weighted by atomic mass is 10.1. The molecule has 8 heteroatoms. The predicted molar refractivity (Wildman–Crippen MR) is 81.3 cm³/mol. The van der Waals surface area contributed by atoms with Crippen molar-refractivity contribution in [1.29, 1.82) is 5.26 Å². The Kier molecular flexibility index (Phi) is 4.23. The van der Waals surface area contributed by atoms with Gasteiger partial charge in [0.15, 0.2) is 5.69 Å². The molecule has 0 unspecified atom stereocenters. The zero-order valence-electron chi connectivity index (χ0n) is 12.5. The summed E-state index contributed by atoms with van der Waals surface area (Å²) in [6.07, 6.45) is 1.37. The summed E-state index contributed by atoms with van der Waals surface area (Å²) in [5.41, 5.74) is 11.7. The average molecular weight is 314 g/mol. The molecule has 1 aromatic heterocycles. The van der Waals surface area contributed by atoms with Crippen LogP contribution in [-0.4, -0.2) is 30.7 Å². The second-order valence-electron chi connectivity index (χ2n) is 4.53. The van der Waals surface area contributed by atoms with E-state index in [0.29, 0.717) is 11.4 Å². The van der Waals surface area contributed by atoms with Crippen molar-refractivity contribution >= 4 is 17.6 Å². The molecule has 4 N–H and O–H groups in total. The molecular formula is C15H14N4O4. The highest BCUT2D eigenvalue weighted by molar-refractivity contribution is 5.97. The highest BCUT2D eigenvalue weighted by Gasteiger charge is 2.23. The molecule has 1 aromatic carbocycles. The third-order valence-corrected chi connectivity index (χ3v) is 3.27. The number of nitrogens with two attached hydrogens (primary N) is 2. The highest BCUT2D eigenvalue weighted by Crippen LogP contribution is 2.30. The molecule has 0 radical (unpaired) electrons. The summed E-state index contributed by atoms with van der Waals surface area (Å²) in [6, 6.07) is 6.35. The van der Waals surface area contributed by atoms with Crippen molar-refractivity contribution in [3.63, 3.8) is 0 Å². The molecule has 0 atom stereocenters. The van der Waals surface area contributed by atoms with Crippen molar-refractivity contribution in [1.82, 2.24) is 4.57 Å². The fraction of sp³-hybridized carbons (Fsp3) is 0.133. The Morgan fingerprint density at radius 3 is 2.52 bits per heavy atom. The molecule has 0 aliphatic carbocycles. The number of amides is 1. The normalized spacial score (nSPS) is 9.96. The number of hydrogen-bond acceptors (Lipinski definition) is 6. The van der Waals surface area contributed by atoms with Crippen molar-refractivity contribution in [2.45, 2.75) is 0 Å². The number of ether oxygens (including phenoxy) is 2. The maximum Gasteiger partial charge on any atom is 0.357 e. The summed E-state index contributed by atoms with van der Waals surface area (Å²) >= 11 is 0. The van der Waals surface area contributed by atoms with Crippen LogP contribution in [0.3, 0.4) is 0 Å². The molecular weight excluding hydrogens is 300 g/mol. The summed E-state index contributed by atoms with van der Waals surface area (Å²) in [4.78, 5) is 23.4. The molecule has 0 fully saturated rings. The lowest BCUT2D eigenvalue weighted by Gasteiger charge is -2.13. The Morgan fingerprint density at radius 2 is 2.00 bits per heavy atom. The quantitative estimate of drug-likeness (QED) is 0.803. The van der Waals surface area contributed by atoms with Gasteiger partial charge in [-0.05, 0) is 18.2 Å². The summed E-state index contributed by atoms with van der Waals surface area (Å²) < 4.78 is 11.3. The van der Waals surface area contributed by atoms with E-state index < -0.39 is 11.9 Å². The Hall–Kier alpha value is -3.47. The number of aromatic nitrogens is 1. The van der Waals surface area contributed by atoms with Gasteiger partial charge in [-0.3, -0.25) is 4.79 Å². The molecule has 0 saturated heterocycles. The first kappa shape index (κ1) is 15.9. The van der Waals surface area contributed by atoms with Crippen LogP contribution in [0.4, 0.5) is 5.69 Å². The van der Waals surface area contributed by atoms with Crippen molar-refractivity contribution < 1.29 is 19.1 Å². The van der Waals surface area contributed by atoms with Gasteiger partial charge in [-0.2, -0.15) is 5.26 Å². The number of carbonyl (C=O) groups is 2. The number of nitrogen functional groups attached to an aromatic ring is 1. The molecule has 0 saturated carbocycles. The zero-order valence-corrected chi connectivity index (χ0v) is 12.5. The van der Waals surface area contributed by atoms with Gasteiger partial charge < -0.3 is 25.5 Å². The Morgan fingerprint density at radius 1 is 1.30 bits per heavy atom. The lowest BCUT2D eigenvalue weighted by Crippen LogP contribution is -2.14. The van der Waals surface area contributed by atoms with E-state index >= 15 is 0 Å². The van der Waals surface area contributed by atoms with Crippen LogP contribution in [0.25, 0.3) is 5.69 Å². The van der Waals surface area contributed by atoms with E-state index in [9.17, 15) is 9.59 Å². The van der Waals surface area contributed by atoms with Crippen LogP contribution in [0, 0.1) is 11.3 Å². The topological polar surface area (TPSA) is 133 Å². The van der Waals surface area contributed by atoms with Gasteiger partial charge in [0.1, 0.15) is 11.8 Å². The maximum absolute atomic E-state index is 12.0. The minimum atomic E-state index is -0.726. The zero-order chi connectivity index (χ0) is 17.1. The summed E-state index contributed by atoms with van der Waals surface area (Å²) in [5.74, 6) is -1.01. The largest absolute Gasteiger partial charge is 0.495 e. The van der Waals surface area contributed by atoms with Gasteiger partial charge in [0, 0.05) is 11.8 Å². The predicted octanol–water partition coefficient (Wildman–Crippen LogP) is 0.825. The van der Waals surface area contributed by atoms with Gasteiger partial charge in [-0.15, -0.1) is 0 Å². The van der Waals surface area contributed by atoms with Gasteiger partial charge in [0.05, 0.1) is 31.2 Å². The van der Waals surface area contributed by atoms with Gasteiger partial charge in [0.2, 0.25) is 5.91 Å². The first-order chi connectivity index (χ1) is 10.9. The van der Waals surface area contributed by atoms with Crippen LogP contribution in [0.5, 0.6) is 5.75 Å². The molecule has 2 rings (SSSR count). The first-order valence-corrected chi connectivity index (χ1v) is 6.42. The molecule has 118 valence electrons. The number of rotatable bonds is 4. The number of carbonyl (C=O) groups excluding carboxylic acids is 2. The number of nitriles is 1. The Bertz CT molecular complexity index is 833. The Balaban J connectivity index is 2.80. The van der Waals surface area contributed by atoms with E-state index in [0.717, 1.165) is 0 Å². The average Bonchev–Trinajstić information content (AvgIpc) is 2.89. The molecule has 1 heterocycles. The molecule has 0 bridgehead atoms. The fourth-order valence-corrected chi connectivity index (χ4v) is 2.14. The fourth-order valence-electron chi connectivity index (χ4n) is 2.14. The van der Waals surface area contributed by atoms with E-state index in [1.54, 1.807) is 0 Å². The minimum Gasteiger partial charge on any atom is -0.495 e. The molecule has 0 aliphatic heterocycles. The SMILES string of the molecule is COC(=O)c1c(N)c(C#N)cn1-c1cc(C(N)=O)ccc1OC. The van der Waals surface area contributed by atoms with Crippen molar-refractivity contribution in [3.8, 4) is 17.5 Å². The van der Waals surface area contributed by atoms with E-state index in [2.05, 4.69) is 0 Å². The number of anilines is 1. The molecule has 0 spiro atoms. The smallest absolute Gasteiger partial charge is 0.357 e. The van der Waals surface area contributed by atoms with Gasteiger partial charge in [-0.25, -0.2) is 4.79 Å². The van der Waals surface area contributed by atoms with Crippen LogP contribution in [-0.2, 0) is 4.74 Å². The van der Waals surface area contributed by atoms with Gasteiger partial charge in [-0.1, -0.05) is 0 Å². The third kappa shape index (κ3) is 2.67. The minimum absolute atomic E-state index is 0.0223. The second kappa shape index (κ2) is 6.11. The number of hydrogen-bond donors (Lipinski definition) is 2. The number of benzene rings is 1. The Labute approximate surface area is 131 Å². The molecule has 2 aromatic rings. The third-order valence-electron chi connectivity index (χ3n) is 3.27. The molecule has 1 amide bonds. The van der Waals surface area contributed by atoms with Crippen LogP contribution < -0.4 is 16.2 Å². The van der Waals surface area contributed by atoms with Crippen LogP contribution in [0.2, 0.25) is 0 Å². The lowest BCUT2D eigenvalue weighted by molar-refractivity contribution is 0.0593.